The Balaban J connectivity index is 0.00000306. The number of rotatable bonds is 5. The average molecular weight is 486 g/mol. The summed E-state index contributed by atoms with van der Waals surface area (Å²) in [5, 5.41) is 20.3. The average Bonchev–Trinajstić information content (AvgIpc) is 2.81. The Kier molecular flexibility index (Phi) is 7.92. The Labute approximate surface area is 206 Å². The minimum absolute atomic E-state index is 0. The van der Waals surface area contributed by atoms with E-state index in [2.05, 4.69) is 9.98 Å². The zero-order chi connectivity index (χ0) is 22.5. The number of phenols is 2. The molecular weight excluding hydrogens is 462 g/mol. The number of hydrogen-bond acceptors (Lipinski definition) is 4. The first-order valence-corrected chi connectivity index (χ1v) is 10.4. The largest absolute Gasteiger partial charge is 0.507 e. The molecule has 0 spiro atoms. The van der Waals surface area contributed by atoms with Crippen LogP contribution in [0.5, 0.6) is 11.5 Å². The van der Waals surface area contributed by atoms with Gasteiger partial charge in [0, 0.05) is 54.2 Å². The topological polar surface area (TPSA) is 65.2 Å². The van der Waals surface area contributed by atoms with E-state index in [1.165, 1.54) is 0 Å². The van der Waals surface area contributed by atoms with Crippen LogP contribution in [0.25, 0.3) is 11.1 Å². The first-order valence-electron chi connectivity index (χ1n) is 10.4. The maximum absolute atomic E-state index is 10.1. The van der Waals surface area contributed by atoms with Crippen LogP contribution in [0.15, 0.2) is 94.9 Å². The van der Waals surface area contributed by atoms with E-state index in [0.29, 0.717) is 11.1 Å². The Hall–Kier alpha value is -3.56. The van der Waals surface area contributed by atoms with Gasteiger partial charge in [-0.15, -0.1) is 0 Å². The first kappa shape index (κ1) is 24.1. The molecule has 0 saturated heterocycles. The fourth-order valence-corrected chi connectivity index (χ4v) is 3.46. The maximum Gasteiger partial charge on any atom is 0.124 e. The van der Waals surface area contributed by atoms with Gasteiger partial charge in [0.25, 0.3) is 0 Å². The number of hydrogen-bond donors (Lipinski definition) is 2. The molecule has 0 amide bonds. The number of phenolic OH excluding ortho intramolecular Hbond substituents is 2. The number of nitrogens with zero attached hydrogens (tertiary/aromatic N) is 2. The summed E-state index contributed by atoms with van der Waals surface area (Å²) >= 11 is 0. The van der Waals surface area contributed by atoms with Gasteiger partial charge in [-0.2, -0.15) is 0 Å². The molecule has 4 aromatic rings. The van der Waals surface area contributed by atoms with Crippen LogP contribution in [0.2, 0.25) is 0 Å². The molecule has 0 fully saturated rings. The maximum atomic E-state index is 10.1. The summed E-state index contributed by atoms with van der Waals surface area (Å²) in [6.45, 7) is 3.95. The fourth-order valence-electron chi connectivity index (χ4n) is 3.46. The number of para-hydroxylation sites is 2. The molecule has 0 aliphatic heterocycles. The third-order valence-electron chi connectivity index (χ3n) is 5.15. The number of aromatic hydroxyl groups is 2. The molecule has 2 N–H and O–H groups in total. The van der Waals surface area contributed by atoms with Crippen LogP contribution in [0, 0.1) is 13.8 Å². The Morgan fingerprint density at radius 3 is 1.39 bits per heavy atom. The van der Waals surface area contributed by atoms with E-state index in [9.17, 15) is 10.2 Å². The number of aryl methyl sites for hydroxylation is 2. The molecule has 4 aromatic carbocycles. The molecule has 0 saturated carbocycles. The van der Waals surface area contributed by atoms with Gasteiger partial charge in [0.2, 0.25) is 0 Å². The molecule has 0 aromatic heterocycles. The molecule has 0 aliphatic rings. The standard InChI is InChI=1S/C28H24N2O2.Zn/c1-19-11-13-27(31)21(15-19)17-29-25-9-5-3-7-23(25)24-8-4-6-10-26(24)30-18-22-16-20(2)12-14-28(22)32;/h3-18,31-32H,1-2H3;. The van der Waals surface area contributed by atoms with Gasteiger partial charge >= 0.3 is 0 Å². The van der Waals surface area contributed by atoms with Gasteiger partial charge in [-0.05, 0) is 50.2 Å². The van der Waals surface area contributed by atoms with Gasteiger partial charge in [0.1, 0.15) is 11.5 Å². The predicted octanol–water partition coefficient (Wildman–Crippen LogP) is 6.88. The molecule has 0 atom stereocenters. The van der Waals surface area contributed by atoms with E-state index in [-0.39, 0.29) is 31.0 Å². The van der Waals surface area contributed by atoms with Gasteiger partial charge in [-0.1, -0.05) is 59.7 Å². The van der Waals surface area contributed by atoms with Crippen molar-refractivity contribution in [1.29, 1.82) is 0 Å². The SMILES string of the molecule is Cc1ccc(O)c(C=Nc2ccccc2-c2ccccc2N=Cc2cc(C)ccc2O)c1.[Zn]. The smallest absolute Gasteiger partial charge is 0.124 e. The molecule has 0 radical (unpaired) electrons. The summed E-state index contributed by atoms with van der Waals surface area (Å²) < 4.78 is 0. The second kappa shape index (κ2) is 10.8. The van der Waals surface area contributed by atoms with E-state index >= 15 is 0 Å². The quantitative estimate of drug-likeness (QED) is 0.239. The molecule has 160 valence electrons. The molecule has 0 aliphatic carbocycles. The Morgan fingerprint density at radius 2 is 0.970 bits per heavy atom. The van der Waals surface area contributed by atoms with Crippen LogP contribution in [-0.4, -0.2) is 22.6 Å². The third kappa shape index (κ3) is 5.82. The third-order valence-corrected chi connectivity index (χ3v) is 5.15. The zero-order valence-electron chi connectivity index (χ0n) is 18.7. The molecule has 0 heterocycles. The van der Waals surface area contributed by atoms with Gasteiger partial charge < -0.3 is 10.2 Å². The van der Waals surface area contributed by atoms with Gasteiger partial charge in [-0.25, -0.2) is 0 Å². The van der Waals surface area contributed by atoms with Crippen LogP contribution in [0.3, 0.4) is 0 Å². The van der Waals surface area contributed by atoms with E-state index < -0.39 is 0 Å². The van der Waals surface area contributed by atoms with Crippen molar-refractivity contribution in [1.82, 2.24) is 0 Å². The van der Waals surface area contributed by atoms with E-state index in [4.69, 9.17) is 0 Å². The van der Waals surface area contributed by atoms with Gasteiger partial charge in [-0.3, -0.25) is 9.98 Å². The second-order valence-corrected chi connectivity index (χ2v) is 7.68. The predicted molar refractivity (Wildman–Crippen MR) is 132 cm³/mol. The molecule has 4 rings (SSSR count). The van der Waals surface area contributed by atoms with Crippen molar-refractivity contribution >= 4 is 23.8 Å². The van der Waals surface area contributed by atoms with Crippen LogP contribution in [-0.2, 0) is 19.5 Å². The molecule has 0 bridgehead atoms. The van der Waals surface area contributed by atoms with E-state index in [1.54, 1.807) is 24.6 Å². The van der Waals surface area contributed by atoms with Crippen LogP contribution in [0.4, 0.5) is 11.4 Å². The summed E-state index contributed by atoms with van der Waals surface area (Å²) in [7, 11) is 0. The van der Waals surface area contributed by atoms with Crippen molar-refractivity contribution in [2.75, 3.05) is 0 Å². The first-order chi connectivity index (χ1) is 15.5. The second-order valence-electron chi connectivity index (χ2n) is 7.68. The van der Waals surface area contributed by atoms with Crippen molar-refractivity contribution in [3.8, 4) is 22.6 Å². The minimum atomic E-state index is 0. The number of benzene rings is 4. The van der Waals surface area contributed by atoms with Crippen molar-refractivity contribution in [2.24, 2.45) is 9.98 Å². The summed E-state index contributed by atoms with van der Waals surface area (Å²) in [6.07, 6.45) is 3.36. The molecular formula is C28H24N2O2Zn. The van der Waals surface area contributed by atoms with Gasteiger partial charge in [0.05, 0.1) is 11.4 Å². The molecule has 4 nitrogen and oxygen atoms in total. The van der Waals surface area contributed by atoms with Crippen molar-refractivity contribution in [2.45, 2.75) is 13.8 Å². The molecule has 5 heteroatoms. The van der Waals surface area contributed by atoms with Crippen LogP contribution >= 0.6 is 0 Å². The normalized spacial score (nSPS) is 11.1. The minimum Gasteiger partial charge on any atom is -0.507 e. The summed E-state index contributed by atoms with van der Waals surface area (Å²) in [4.78, 5) is 9.33. The van der Waals surface area contributed by atoms with Crippen molar-refractivity contribution < 1.29 is 29.7 Å². The summed E-state index contributed by atoms with van der Waals surface area (Å²) in [5.41, 5.74) is 6.84. The summed E-state index contributed by atoms with van der Waals surface area (Å²) in [6, 6.07) is 26.5. The Morgan fingerprint density at radius 1 is 0.576 bits per heavy atom. The van der Waals surface area contributed by atoms with Crippen LogP contribution in [0.1, 0.15) is 22.3 Å². The van der Waals surface area contributed by atoms with Crippen LogP contribution < -0.4 is 0 Å². The summed E-state index contributed by atoms with van der Waals surface area (Å²) in [5.74, 6) is 0.389. The van der Waals surface area contributed by atoms with Gasteiger partial charge in [0.15, 0.2) is 0 Å². The van der Waals surface area contributed by atoms with Crippen molar-refractivity contribution in [3.63, 3.8) is 0 Å². The van der Waals surface area contributed by atoms with E-state index in [0.717, 1.165) is 33.6 Å². The van der Waals surface area contributed by atoms with Crippen molar-refractivity contribution in [3.05, 3.63) is 107 Å². The zero-order valence-corrected chi connectivity index (χ0v) is 21.7. The fraction of sp³-hybridized carbons (Fsp3) is 0.0714. The molecule has 33 heavy (non-hydrogen) atoms. The van der Waals surface area contributed by atoms with E-state index in [1.807, 2.05) is 86.6 Å². The Bertz CT molecular complexity index is 1230. The molecule has 0 unspecified atom stereocenters. The monoisotopic (exact) mass is 484 g/mol. The number of aliphatic imine (C=N–C) groups is 2.